The number of hydrogen-bond donors (Lipinski definition) is 0. The normalized spacial score (nSPS) is 10.8. The maximum absolute atomic E-state index is 11.9. The maximum atomic E-state index is 11.9. The average molecular weight is 368 g/mol. The average Bonchev–Trinajstić information content (AvgIpc) is 2.92. The second kappa shape index (κ2) is 7.31. The van der Waals surface area contributed by atoms with Crippen LogP contribution in [-0.4, -0.2) is 20.5 Å². The molecule has 0 aliphatic rings. The Balaban J connectivity index is 1.84. The van der Waals surface area contributed by atoms with Gasteiger partial charge in [-0.15, -0.1) is 0 Å². The second-order valence-corrected chi connectivity index (χ2v) is 5.33. The molecule has 0 aliphatic heterocycles. The van der Waals surface area contributed by atoms with E-state index in [1.807, 2.05) is 0 Å². The fourth-order valence-electron chi connectivity index (χ4n) is 2.18. The number of nitrogens with zero attached hydrogens (tertiary/aromatic N) is 3. The largest absolute Gasteiger partial charge is 0.484 e. The van der Waals surface area contributed by atoms with Crippen LogP contribution in [-0.2, 0) is 22.9 Å². The predicted molar refractivity (Wildman–Crippen MR) is 83.7 cm³/mol. The van der Waals surface area contributed by atoms with Crippen LogP contribution in [0.2, 0.25) is 5.02 Å². The summed E-state index contributed by atoms with van der Waals surface area (Å²) in [7, 11) is 0. The zero-order chi connectivity index (χ0) is 17.8. The van der Waals surface area contributed by atoms with Crippen LogP contribution in [0, 0.1) is 0 Å². The summed E-state index contributed by atoms with van der Waals surface area (Å²) in [6, 6.07) is 4.59. The smallest absolute Gasteiger partial charge is 0.419 e. The van der Waals surface area contributed by atoms with Gasteiger partial charge in [-0.05, 0) is 12.1 Å². The Morgan fingerprint density at radius 2 is 2.08 bits per heavy atom. The molecule has 3 rings (SSSR count). The van der Waals surface area contributed by atoms with Crippen molar-refractivity contribution < 1.29 is 23.4 Å². The van der Waals surface area contributed by atoms with E-state index in [0.29, 0.717) is 11.3 Å². The Morgan fingerprint density at radius 3 is 2.80 bits per heavy atom. The molecule has 2 aromatic heterocycles. The van der Waals surface area contributed by atoms with Crippen molar-refractivity contribution in [2.75, 3.05) is 0 Å². The second-order valence-electron chi connectivity index (χ2n) is 4.92. The van der Waals surface area contributed by atoms with E-state index in [-0.39, 0.29) is 35.9 Å². The summed E-state index contributed by atoms with van der Waals surface area (Å²) >= 11 is 6.17. The number of aryl methyl sites for hydroxylation is 1. The number of aromatic nitrogens is 3. The zero-order valence-corrected chi connectivity index (χ0v) is 13.4. The van der Waals surface area contributed by atoms with Crippen LogP contribution in [0.15, 0.2) is 39.8 Å². The first-order valence-corrected chi connectivity index (χ1v) is 7.49. The predicted octanol–water partition coefficient (Wildman–Crippen LogP) is 2.43. The lowest BCUT2D eigenvalue weighted by Gasteiger charge is -2.07. The molecule has 2 heterocycles. The highest BCUT2D eigenvalue weighted by Gasteiger charge is 2.15. The van der Waals surface area contributed by atoms with Crippen molar-refractivity contribution in [2.45, 2.75) is 19.6 Å². The lowest BCUT2D eigenvalue weighted by atomic mass is 10.3. The highest BCUT2D eigenvalue weighted by Crippen LogP contribution is 2.30. The Bertz CT molecular complexity index is 957. The van der Waals surface area contributed by atoms with E-state index in [0.717, 1.165) is 4.57 Å². The third-order valence-corrected chi connectivity index (χ3v) is 3.62. The summed E-state index contributed by atoms with van der Waals surface area (Å²) in [5.74, 6) is -1.05. The summed E-state index contributed by atoms with van der Waals surface area (Å²) in [5, 5.41) is 0.228. The van der Waals surface area contributed by atoms with Crippen LogP contribution in [0.25, 0.3) is 11.1 Å². The van der Waals surface area contributed by atoms with E-state index in [4.69, 9.17) is 20.8 Å². The molecule has 25 heavy (non-hydrogen) atoms. The maximum Gasteiger partial charge on any atom is 0.419 e. The van der Waals surface area contributed by atoms with E-state index in [9.17, 15) is 14.1 Å². The fourth-order valence-corrected chi connectivity index (χ4v) is 2.39. The number of halogens is 2. The van der Waals surface area contributed by atoms with Gasteiger partial charge in [-0.3, -0.25) is 9.51 Å². The highest BCUT2D eigenvalue weighted by atomic mass is 35.5. The summed E-state index contributed by atoms with van der Waals surface area (Å²) < 4.78 is 23.6. The Labute approximate surface area is 144 Å². The van der Waals surface area contributed by atoms with Gasteiger partial charge in [-0.25, -0.2) is 19.6 Å². The van der Waals surface area contributed by atoms with Gasteiger partial charge in [-0.1, -0.05) is 11.6 Å². The Hall–Kier alpha value is -2.94. The van der Waals surface area contributed by atoms with Crippen LogP contribution >= 0.6 is 11.6 Å². The quantitative estimate of drug-likeness (QED) is 0.660. The topological polar surface area (TPSA) is 96.5 Å². The molecule has 0 unspecified atom stereocenters. The van der Waals surface area contributed by atoms with Crippen molar-refractivity contribution in [2.24, 2.45) is 0 Å². The number of benzene rings is 1. The number of rotatable bonds is 6. The summed E-state index contributed by atoms with van der Waals surface area (Å²) in [5.41, 5.74) is 0.567. The van der Waals surface area contributed by atoms with Gasteiger partial charge in [0.2, 0.25) is 0 Å². The lowest BCUT2D eigenvalue weighted by Crippen LogP contribution is -2.16. The van der Waals surface area contributed by atoms with Gasteiger partial charge in [0, 0.05) is 29.5 Å². The molecule has 0 radical (unpaired) electrons. The summed E-state index contributed by atoms with van der Waals surface area (Å²) in [6.45, 7) is -0.0255. The van der Waals surface area contributed by atoms with E-state index in [2.05, 4.69) is 14.9 Å². The monoisotopic (exact) mass is 367 g/mol. The number of ether oxygens (including phenoxy) is 1. The molecule has 0 aliphatic carbocycles. The third-order valence-electron chi connectivity index (χ3n) is 3.32. The Kier molecular flexibility index (Phi) is 4.94. The molecule has 0 amide bonds. The van der Waals surface area contributed by atoms with Gasteiger partial charge in [0.25, 0.3) is 0 Å². The standard InChI is InChI=1S/C15H11ClFN3O5/c16-9-6-10-12(24-15(22)20(10)5-2-14(21)25-17)7-11(9)23-8-13-18-3-1-4-19-13/h1,3-4,6-7H,2,5,8H2. The first kappa shape index (κ1) is 16.9. The molecule has 0 saturated carbocycles. The van der Waals surface area contributed by atoms with Crippen LogP contribution in [0.3, 0.4) is 0 Å². The minimum absolute atomic E-state index is 0.0827. The molecule has 0 bridgehead atoms. The van der Waals surface area contributed by atoms with Crippen molar-refractivity contribution in [3.8, 4) is 5.75 Å². The van der Waals surface area contributed by atoms with Crippen LogP contribution in [0.5, 0.6) is 5.75 Å². The molecule has 8 nitrogen and oxygen atoms in total. The number of carbonyl (C=O) groups is 1. The number of fused-ring (bicyclic) bond motifs is 1. The van der Waals surface area contributed by atoms with E-state index < -0.39 is 11.7 Å². The number of oxazole rings is 1. The van der Waals surface area contributed by atoms with Crippen LogP contribution in [0.4, 0.5) is 4.53 Å². The molecule has 10 heteroatoms. The Morgan fingerprint density at radius 1 is 1.32 bits per heavy atom. The molecule has 1 aromatic carbocycles. The first-order valence-electron chi connectivity index (χ1n) is 7.11. The van der Waals surface area contributed by atoms with Gasteiger partial charge in [-0.2, -0.15) is 0 Å². The van der Waals surface area contributed by atoms with E-state index >= 15 is 0 Å². The molecule has 130 valence electrons. The molecule has 0 atom stereocenters. The fraction of sp³-hybridized carbons (Fsp3) is 0.200. The van der Waals surface area contributed by atoms with Gasteiger partial charge in [0.15, 0.2) is 11.4 Å². The summed E-state index contributed by atoms with van der Waals surface area (Å²) in [4.78, 5) is 33.9. The highest BCUT2D eigenvalue weighted by molar-refractivity contribution is 6.32. The van der Waals surface area contributed by atoms with Gasteiger partial charge >= 0.3 is 11.7 Å². The molecule has 0 N–H and O–H groups in total. The molecular weight excluding hydrogens is 357 g/mol. The van der Waals surface area contributed by atoms with Crippen molar-refractivity contribution in [1.29, 1.82) is 0 Å². The minimum Gasteiger partial charge on any atom is -0.484 e. The van der Waals surface area contributed by atoms with E-state index in [1.165, 1.54) is 12.1 Å². The molecule has 0 fully saturated rings. The number of hydrogen-bond acceptors (Lipinski definition) is 7. The van der Waals surface area contributed by atoms with Crippen LogP contribution in [0.1, 0.15) is 12.2 Å². The van der Waals surface area contributed by atoms with Crippen molar-refractivity contribution in [3.05, 3.63) is 52.0 Å². The van der Waals surface area contributed by atoms with E-state index in [1.54, 1.807) is 18.5 Å². The third kappa shape index (κ3) is 3.77. The summed E-state index contributed by atoms with van der Waals surface area (Å²) in [6.07, 6.45) is 2.84. The van der Waals surface area contributed by atoms with Crippen LogP contribution < -0.4 is 10.5 Å². The minimum atomic E-state index is -1.09. The molecular formula is C15H11ClFN3O5. The lowest BCUT2D eigenvalue weighted by molar-refractivity contribution is -0.183. The molecule has 0 spiro atoms. The van der Waals surface area contributed by atoms with Gasteiger partial charge in [0.1, 0.15) is 12.4 Å². The van der Waals surface area contributed by atoms with Crippen molar-refractivity contribution >= 4 is 28.7 Å². The zero-order valence-electron chi connectivity index (χ0n) is 12.6. The van der Waals surface area contributed by atoms with Crippen molar-refractivity contribution in [1.82, 2.24) is 14.5 Å². The molecule has 0 saturated heterocycles. The SMILES string of the molecule is O=C(CCn1c(=O)oc2cc(OCc3ncccn3)c(Cl)cc21)OF. The number of carbonyl (C=O) groups excluding carboxylic acids is 1. The van der Waals surface area contributed by atoms with Gasteiger partial charge < -0.3 is 9.15 Å². The van der Waals surface area contributed by atoms with Gasteiger partial charge in [0.05, 0.1) is 17.0 Å². The van der Waals surface area contributed by atoms with Crippen molar-refractivity contribution in [3.63, 3.8) is 0 Å². The molecule has 3 aromatic rings. The first-order chi connectivity index (χ1) is 12.1.